The third kappa shape index (κ3) is 2.79. The van der Waals surface area contributed by atoms with E-state index in [1.54, 1.807) is 12.3 Å². The highest BCUT2D eigenvalue weighted by Gasteiger charge is 2.08. The van der Waals surface area contributed by atoms with Crippen LogP contribution < -0.4 is 5.73 Å². The van der Waals surface area contributed by atoms with E-state index in [2.05, 4.69) is 4.98 Å². The number of hydrogen-bond acceptors (Lipinski definition) is 3. The van der Waals surface area contributed by atoms with Gasteiger partial charge in [0.2, 0.25) is 0 Å². The van der Waals surface area contributed by atoms with E-state index in [-0.39, 0.29) is 0 Å². The fourth-order valence-electron chi connectivity index (χ4n) is 1.79. The monoisotopic (exact) mass is 263 g/mol. The number of imidazole rings is 1. The first-order chi connectivity index (χ1) is 8.58. The summed E-state index contributed by atoms with van der Waals surface area (Å²) < 4.78 is 14.2. The van der Waals surface area contributed by atoms with Gasteiger partial charge in [-0.1, -0.05) is 6.07 Å². The maximum Gasteiger partial charge on any atom is 0.105 e. The Hall–Kier alpha value is -1.62. The van der Waals surface area contributed by atoms with Gasteiger partial charge in [0.15, 0.2) is 0 Å². The van der Waals surface area contributed by atoms with E-state index in [4.69, 9.17) is 5.73 Å². The Kier molecular flexibility index (Phi) is 3.81. The molecule has 0 fully saturated rings. The van der Waals surface area contributed by atoms with Gasteiger partial charge in [0.05, 0.1) is 10.8 Å². The molecule has 2 aromatic rings. The molecule has 2 rings (SSSR count). The van der Waals surface area contributed by atoms with Crippen LogP contribution in [0.3, 0.4) is 0 Å². The van der Waals surface area contributed by atoms with Crippen LogP contribution in [0.25, 0.3) is 0 Å². The Morgan fingerprint density at radius 2 is 2.17 bits per heavy atom. The summed E-state index contributed by atoms with van der Waals surface area (Å²) in [6.45, 7) is 4.59. The van der Waals surface area contributed by atoms with Crippen LogP contribution in [0.1, 0.15) is 11.4 Å². The van der Waals surface area contributed by atoms with Crippen molar-refractivity contribution in [3.05, 3.63) is 42.0 Å². The van der Waals surface area contributed by atoms with E-state index in [0.717, 1.165) is 16.3 Å². The Balaban J connectivity index is 2.08. The highest BCUT2D eigenvalue weighted by Crippen LogP contribution is 2.17. The summed E-state index contributed by atoms with van der Waals surface area (Å²) in [6.07, 6.45) is 3.66. The highest BCUT2D eigenvalue weighted by atomic mass is 32.2. The fourth-order valence-corrected chi connectivity index (χ4v) is 3.07. The Morgan fingerprint density at radius 3 is 2.83 bits per heavy atom. The Labute approximate surface area is 109 Å². The van der Waals surface area contributed by atoms with Gasteiger partial charge >= 0.3 is 0 Å². The number of nitrogen functional groups attached to an aromatic ring is 1. The van der Waals surface area contributed by atoms with E-state index in [1.807, 2.05) is 36.7 Å². The molecule has 18 heavy (non-hydrogen) atoms. The van der Waals surface area contributed by atoms with Crippen molar-refractivity contribution in [2.24, 2.45) is 0 Å². The lowest BCUT2D eigenvalue weighted by Gasteiger charge is -2.08. The first-order valence-electron chi connectivity index (χ1n) is 5.80. The topological polar surface area (TPSA) is 60.9 Å². The molecule has 0 aliphatic carbocycles. The molecule has 1 unspecified atom stereocenters. The summed E-state index contributed by atoms with van der Waals surface area (Å²) in [5.41, 5.74) is 7.40. The summed E-state index contributed by atoms with van der Waals surface area (Å²) in [5, 5.41) is 0. The van der Waals surface area contributed by atoms with Crippen LogP contribution in [0.5, 0.6) is 0 Å². The predicted molar refractivity (Wildman–Crippen MR) is 73.8 cm³/mol. The zero-order chi connectivity index (χ0) is 13.1. The smallest absolute Gasteiger partial charge is 0.105 e. The van der Waals surface area contributed by atoms with Crippen LogP contribution >= 0.6 is 0 Å². The molecule has 2 N–H and O–H groups in total. The fraction of sp³-hybridized carbons (Fsp3) is 0.308. The number of benzene rings is 1. The molecule has 0 amide bonds. The second-order valence-corrected chi connectivity index (χ2v) is 5.78. The van der Waals surface area contributed by atoms with Crippen molar-refractivity contribution in [1.82, 2.24) is 9.55 Å². The molecule has 0 radical (unpaired) electrons. The maximum atomic E-state index is 12.2. The van der Waals surface area contributed by atoms with Crippen molar-refractivity contribution < 1.29 is 4.21 Å². The average molecular weight is 263 g/mol. The summed E-state index contributed by atoms with van der Waals surface area (Å²) in [4.78, 5) is 4.97. The van der Waals surface area contributed by atoms with Crippen molar-refractivity contribution >= 4 is 16.5 Å². The van der Waals surface area contributed by atoms with Crippen molar-refractivity contribution in [1.29, 1.82) is 0 Å². The van der Waals surface area contributed by atoms with Gasteiger partial charge < -0.3 is 10.3 Å². The first kappa shape index (κ1) is 12.8. The number of nitrogens with zero attached hydrogens (tertiary/aromatic N) is 2. The van der Waals surface area contributed by atoms with Gasteiger partial charge in [0.25, 0.3) is 0 Å². The third-order valence-electron chi connectivity index (χ3n) is 2.90. The van der Waals surface area contributed by atoms with Crippen LogP contribution in [0, 0.1) is 13.8 Å². The standard InChI is InChI=1S/C13H17N3OS/c1-10-3-4-12(14)9-13(10)18(17)8-7-16-6-5-15-11(16)2/h3-6,9H,7-8,14H2,1-2H3. The highest BCUT2D eigenvalue weighted by molar-refractivity contribution is 7.85. The second-order valence-electron chi connectivity index (χ2n) is 4.24. The van der Waals surface area contributed by atoms with E-state index >= 15 is 0 Å². The number of anilines is 1. The van der Waals surface area contributed by atoms with Crippen molar-refractivity contribution in [3.8, 4) is 0 Å². The van der Waals surface area contributed by atoms with Gasteiger partial charge in [-0.25, -0.2) is 4.98 Å². The van der Waals surface area contributed by atoms with E-state index in [1.165, 1.54) is 0 Å². The Morgan fingerprint density at radius 1 is 1.39 bits per heavy atom. The lowest BCUT2D eigenvalue weighted by molar-refractivity contribution is 0.669. The van der Waals surface area contributed by atoms with Crippen LogP contribution in [-0.4, -0.2) is 19.5 Å². The van der Waals surface area contributed by atoms with Crippen molar-refractivity contribution in [2.75, 3.05) is 11.5 Å². The predicted octanol–water partition coefficient (Wildman–Crippen LogP) is 1.89. The zero-order valence-corrected chi connectivity index (χ0v) is 11.4. The molecule has 0 saturated heterocycles. The summed E-state index contributed by atoms with van der Waals surface area (Å²) >= 11 is 0. The second kappa shape index (κ2) is 5.35. The van der Waals surface area contributed by atoms with Crippen LogP contribution in [0.4, 0.5) is 5.69 Å². The molecule has 1 atom stereocenters. The van der Waals surface area contributed by atoms with Crippen LogP contribution in [-0.2, 0) is 17.3 Å². The molecule has 1 aromatic heterocycles. The van der Waals surface area contributed by atoms with E-state index in [9.17, 15) is 4.21 Å². The van der Waals surface area contributed by atoms with Crippen molar-refractivity contribution in [3.63, 3.8) is 0 Å². The zero-order valence-electron chi connectivity index (χ0n) is 10.6. The lowest BCUT2D eigenvalue weighted by atomic mass is 10.2. The minimum atomic E-state index is -1.03. The van der Waals surface area contributed by atoms with Gasteiger partial charge in [-0.3, -0.25) is 4.21 Å². The SMILES string of the molecule is Cc1ccc(N)cc1S(=O)CCn1ccnc1C. The lowest BCUT2D eigenvalue weighted by Crippen LogP contribution is -2.09. The third-order valence-corrected chi connectivity index (χ3v) is 4.38. The first-order valence-corrected chi connectivity index (χ1v) is 7.12. The van der Waals surface area contributed by atoms with E-state index < -0.39 is 10.8 Å². The molecule has 0 aliphatic heterocycles. The van der Waals surface area contributed by atoms with Gasteiger partial charge in [-0.05, 0) is 31.5 Å². The molecule has 1 aromatic carbocycles. The maximum absolute atomic E-state index is 12.2. The van der Waals surface area contributed by atoms with Gasteiger partial charge in [0.1, 0.15) is 5.82 Å². The number of aromatic nitrogens is 2. The molecule has 0 saturated carbocycles. The largest absolute Gasteiger partial charge is 0.399 e. The van der Waals surface area contributed by atoms with Crippen LogP contribution in [0.15, 0.2) is 35.5 Å². The molecular formula is C13H17N3OS. The molecule has 5 heteroatoms. The average Bonchev–Trinajstić information content (AvgIpc) is 2.75. The minimum Gasteiger partial charge on any atom is -0.399 e. The molecule has 0 bridgehead atoms. The number of hydrogen-bond donors (Lipinski definition) is 1. The number of nitrogens with two attached hydrogens (primary N) is 1. The summed E-state index contributed by atoms with van der Waals surface area (Å²) in [5.74, 6) is 1.51. The van der Waals surface area contributed by atoms with Crippen molar-refractivity contribution in [2.45, 2.75) is 25.3 Å². The van der Waals surface area contributed by atoms with Gasteiger partial charge in [-0.2, -0.15) is 0 Å². The molecular weight excluding hydrogens is 246 g/mol. The molecule has 0 spiro atoms. The number of aryl methyl sites for hydroxylation is 3. The molecule has 1 heterocycles. The summed E-state index contributed by atoms with van der Waals surface area (Å²) in [7, 11) is -1.03. The molecule has 0 aliphatic rings. The number of rotatable bonds is 4. The Bertz CT molecular complexity index is 577. The van der Waals surface area contributed by atoms with Gasteiger partial charge in [-0.15, -0.1) is 0 Å². The molecule has 4 nitrogen and oxygen atoms in total. The quantitative estimate of drug-likeness (QED) is 0.857. The molecule has 96 valence electrons. The van der Waals surface area contributed by atoms with Gasteiger partial charge in [0, 0.05) is 35.3 Å². The minimum absolute atomic E-state index is 0.571. The normalized spacial score (nSPS) is 12.6. The summed E-state index contributed by atoms with van der Waals surface area (Å²) in [6, 6.07) is 5.54. The van der Waals surface area contributed by atoms with Crippen LogP contribution in [0.2, 0.25) is 0 Å². The van der Waals surface area contributed by atoms with E-state index in [0.29, 0.717) is 18.0 Å².